The molecule has 0 saturated carbocycles. The topological polar surface area (TPSA) is 76.0 Å². The number of nitrogens with zero attached hydrogens (tertiary/aromatic N) is 3. The number of esters is 1. The fourth-order valence-corrected chi connectivity index (χ4v) is 5.63. The third-order valence-corrected chi connectivity index (χ3v) is 7.94. The van der Waals surface area contributed by atoms with Crippen LogP contribution in [0.2, 0.25) is 0 Å². The molecule has 1 atom stereocenters. The van der Waals surface area contributed by atoms with Crippen molar-refractivity contribution < 1.29 is 14.3 Å². The summed E-state index contributed by atoms with van der Waals surface area (Å²) in [6.07, 6.45) is 7.38. The third-order valence-electron chi connectivity index (χ3n) is 7.35. The molecule has 2 aromatic carbocycles. The Balaban J connectivity index is 1.34. The van der Waals surface area contributed by atoms with Crippen LogP contribution in [0.5, 0.6) is 0 Å². The summed E-state index contributed by atoms with van der Waals surface area (Å²) < 4.78 is 12.0. The standard InChI is InChI=1S/C32H38N4O3S/c1-40-32-34-28(23-38-22-20-36-18-8-3-9-19-36)29(31(37)39-21-10-13-24-11-4-2-5-12-24)30(35-32)27-17-16-25-14-6-7-15-26(25)33-27/h2,4-7,11-12,14-17,30H,3,8-10,13,18-23H2,1H3,(H,34,35). The number of carbonyl (C=O) groups is 1. The highest BCUT2D eigenvalue weighted by Crippen LogP contribution is 2.33. The molecule has 5 rings (SSSR count). The molecule has 0 spiro atoms. The van der Waals surface area contributed by atoms with Crippen LogP contribution in [-0.4, -0.2) is 66.7 Å². The second-order valence-corrected chi connectivity index (χ2v) is 11.0. The number of ether oxygens (including phenoxy) is 2. The van der Waals surface area contributed by atoms with E-state index in [1.807, 2.05) is 60.9 Å². The molecule has 1 unspecified atom stereocenters. The first kappa shape index (κ1) is 28.3. The maximum atomic E-state index is 13.7. The zero-order valence-electron chi connectivity index (χ0n) is 23.2. The Hall–Kier alpha value is -3.20. The normalized spacial score (nSPS) is 17.9. The summed E-state index contributed by atoms with van der Waals surface area (Å²) in [6, 6.07) is 21.6. The molecule has 8 heteroatoms. The number of likely N-dealkylation sites (tertiary alicyclic amines) is 1. The number of aromatic nitrogens is 1. The van der Waals surface area contributed by atoms with Gasteiger partial charge < -0.3 is 19.7 Å². The van der Waals surface area contributed by atoms with Gasteiger partial charge in [-0.15, -0.1) is 0 Å². The van der Waals surface area contributed by atoms with Gasteiger partial charge in [0.15, 0.2) is 5.17 Å². The van der Waals surface area contributed by atoms with Gasteiger partial charge in [0.05, 0.1) is 42.3 Å². The number of carbonyl (C=O) groups excluding carboxylic acids is 1. The van der Waals surface area contributed by atoms with E-state index in [4.69, 9.17) is 19.5 Å². The molecule has 210 valence electrons. The smallest absolute Gasteiger partial charge is 0.338 e. The fraction of sp³-hybridized carbons (Fsp3) is 0.406. The van der Waals surface area contributed by atoms with Gasteiger partial charge in [0.1, 0.15) is 6.04 Å². The Morgan fingerprint density at radius 2 is 1.80 bits per heavy atom. The molecule has 1 fully saturated rings. The van der Waals surface area contributed by atoms with Crippen LogP contribution in [0, 0.1) is 0 Å². The maximum absolute atomic E-state index is 13.7. The minimum Gasteiger partial charge on any atom is -0.462 e. The van der Waals surface area contributed by atoms with Gasteiger partial charge in [0, 0.05) is 11.9 Å². The van der Waals surface area contributed by atoms with Crippen LogP contribution in [0.4, 0.5) is 0 Å². The number of piperidine rings is 1. The van der Waals surface area contributed by atoms with Gasteiger partial charge in [0.2, 0.25) is 0 Å². The predicted molar refractivity (Wildman–Crippen MR) is 162 cm³/mol. The van der Waals surface area contributed by atoms with Gasteiger partial charge in [-0.25, -0.2) is 9.79 Å². The Morgan fingerprint density at radius 3 is 2.62 bits per heavy atom. The van der Waals surface area contributed by atoms with Crippen LogP contribution in [0.15, 0.2) is 83.0 Å². The van der Waals surface area contributed by atoms with Gasteiger partial charge in [-0.1, -0.05) is 72.8 Å². The van der Waals surface area contributed by atoms with Crippen molar-refractivity contribution in [2.75, 3.05) is 45.7 Å². The van der Waals surface area contributed by atoms with Gasteiger partial charge in [-0.05, 0) is 62.7 Å². The summed E-state index contributed by atoms with van der Waals surface area (Å²) in [5, 5.41) is 5.13. The number of aliphatic imine (C=N–C) groups is 1. The van der Waals surface area contributed by atoms with Crippen LogP contribution >= 0.6 is 11.8 Å². The fourth-order valence-electron chi connectivity index (χ4n) is 5.19. The molecule has 0 radical (unpaired) electrons. The number of rotatable bonds is 11. The van der Waals surface area contributed by atoms with Crippen LogP contribution in [0.3, 0.4) is 0 Å². The Kier molecular flexibility index (Phi) is 10.2. The first-order chi connectivity index (χ1) is 19.7. The van der Waals surface area contributed by atoms with E-state index in [-0.39, 0.29) is 12.6 Å². The van der Waals surface area contributed by atoms with Gasteiger partial charge in [-0.2, -0.15) is 0 Å². The van der Waals surface area contributed by atoms with Crippen molar-refractivity contribution in [1.82, 2.24) is 15.2 Å². The molecule has 7 nitrogen and oxygen atoms in total. The van der Waals surface area contributed by atoms with Crippen LogP contribution < -0.4 is 5.32 Å². The zero-order valence-corrected chi connectivity index (χ0v) is 24.0. The van der Waals surface area contributed by atoms with Crippen molar-refractivity contribution in [2.45, 2.75) is 38.1 Å². The number of hydrogen-bond donors (Lipinski definition) is 1. The number of thioether (sulfide) groups is 1. The van der Waals surface area contributed by atoms with E-state index >= 15 is 0 Å². The number of benzene rings is 2. The van der Waals surface area contributed by atoms with E-state index in [0.717, 1.165) is 48.5 Å². The Morgan fingerprint density at radius 1 is 1.00 bits per heavy atom. The maximum Gasteiger partial charge on any atom is 0.338 e. The zero-order chi connectivity index (χ0) is 27.6. The van der Waals surface area contributed by atoms with E-state index in [0.29, 0.717) is 30.2 Å². The lowest BCUT2D eigenvalue weighted by Gasteiger charge is -2.28. The quantitative estimate of drug-likeness (QED) is 0.245. The number of nitrogens with one attached hydrogen (secondary N) is 1. The second-order valence-electron chi connectivity index (χ2n) is 10.2. The molecule has 3 heterocycles. The lowest BCUT2D eigenvalue weighted by Crippen LogP contribution is -2.35. The van der Waals surface area contributed by atoms with Crippen molar-refractivity contribution in [3.63, 3.8) is 0 Å². The number of fused-ring (bicyclic) bond motifs is 1. The van der Waals surface area contributed by atoms with E-state index in [1.165, 1.54) is 36.6 Å². The van der Waals surface area contributed by atoms with Gasteiger partial charge >= 0.3 is 5.97 Å². The van der Waals surface area contributed by atoms with Crippen molar-refractivity contribution in [3.05, 3.63) is 89.3 Å². The van der Waals surface area contributed by atoms with E-state index in [9.17, 15) is 4.79 Å². The van der Waals surface area contributed by atoms with Crippen LogP contribution in [0.1, 0.15) is 43.0 Å². The molecule has 2 aliphatic heterocycles. The highest BCUT2D eigenvalue weighted by atomic mass is 32.2. The first-order valence-corrected chi connectivity index (χ1v) is 15.4. The lowest BCUT2D eigenvalue weighted by molar-refractivity contribution is -0.139. The van der Waals surface area contributed by atoms with Crippen molar-refractivity contribution in [3.8, 4) is 0 Å². The average Bonchev–Trinajstić information content (AvgIpc) is 3.01. The molecular formula is C32H38N4O3S. The highest BCUT2D eigenvalue weighted by Gasteiger charge is 2.33. The van der Waals surface area contributed by atoms with Crippen LogP contribution in [0.25, 0.3) is 10.9 Å². The largest absolute Gasteiger partial charge is 0.462 e. The number of para-hydroxylation sites is 1. The summed E-state index contributed by atoms with van der Waals surface area (Å²) in [5.74, 6) is -0.376. The highest BCUT2D eigenvalue weighted by molar-refractivity contribution is 8.13. The number of amidine groups is 1. The Bertz CT molecular complexity index is 1340. The van der Waals surface area contributed by atoms with E-state index < -0.39 is 6.04 Å². The minimum atomic E-state index is -0.573. The number of hydrogen-bond acceptors (Lipinski definition) is 8. The van der Waals surface area contributed by atoms with E-state index in [2.05, 4.69) is 22.3 Å². The molecule has 1 saturated heterocycles. The summed E-state index contributed by atoms with van der Waals surface area (Å²) in [7, 11) is 0. The first-order valence-electron chi connectivity index (χ1n) is 14.2. The monoisotopic (exact) mass is 558 g/mol. The Labute approximate surface area is 241 Å². The molecular weight excluding hydrogens is 520 g/mol. The summed E-state index contributed by atoms with van der Waals surface area (Å²) in [4.78, 5) is 25.9. The summed E-state index contributed by atoms with van der Waals surface area (Å²) >= 11 is 1.51. The molecule has 3 aromatic rings. The third kappa shape index (κ3) is 7.50. The van der Waals surface area contributed by atoms with Gasteiger partial charge in [-0.3, -0.25) is 4.98 Å². The minimum absolute atomic E-state index is 0.284. The second kappa shape index (κ2) is 14.4. The van der Waals surface area contributed by atoms with E-state index in [1.54, 1.807) is 0 Å². The molecule has 2 aliphatic rings. The average molecular weight is 559 g/mol. The predicted octanol–water partition coefficient (Wildman–Crippen LogP) is 5.53. The SMILES string of the molecule is CSC1=NC(c2ccc3ccccc3n2)C(C(=O)OCCCc2ccccc2)=C(COCCN2CCCCC2)N1. The number of pyridine rings is 1. The van der Waals surface area contributed by atoms with Crippen LogP contribution in [-0.2, 0) is 20.7 Å². The lowest BCUT2D eigenvalue weighted by atomic mass is 9.99. The number of aryl methyl sites for hydroxylation is 1. The van der Waals surface area contributed by atoms with Crippen molar-refractivity contribution >= 4 is 33.8 Å². The molecule has 40 heavy (non-hydrogen) atoms. The molecule has 0 amide bonds. The van der Waals surface area contributed by atoms with Crippen molar-refractivity contribution in [2.24, 2.45) is 4.99 Å². The summed E-state index contributed by atoms with van der Waals surface area (Å²) in [5.41, 5.74) is 3.99. The van der Waals surface area contributed by atoms with Crippen molar-refractivity contribution in [1.29, 1.82) is 0 Å². The van der Waals surface area contributed by atoms with Gasteiger partial charge in [0.25, 0.3) is 0 Å². The molecule has 1 N–H and O–H groups in total. The molecule has 1 aromatic heterocycles. The summed E-state index contributed by atoms with van der Waals surface area (Å²) in [6.45, 7) is 4.37. The molecule has 0 aliphatic carbocycles. The molecule has 0 bridgehead atoms.